The predicted molar refractivity (Wildman–Crippen MR) is 58.4 cm³/mol. The minimum Gasteiger partial charge on any atom is -0.431 e. The maximum absolute atomic E-state index is 11.2. The lowest BCUT2D eigenvalue weighted by molar-refractivity contribution is 0.0313. The van der Waals surface area contributed by atoms with Crippen LogP contribution in [0.1, 0.15) is 46.0 Å². The van der Waals surface area contributed by atoms with Gasteiger partial charge in [-0.15, -0.1) is 0 Å². The van der Waals surface area contributed by atoms with E-state index in [2.05, 4.69) is 0 Å². The van der Waals surface area contributed by atoms with Crippen LogP contribution in [0.2, 0.25) is 0 Å². The third kappa shape index (κ3) is 5.45. The Bertz CT molecular complexity index is 215. The fourth-order valence-corrected chi connectivity index (χ4v) is 1.60. The summed E-state index contributed by atoms with van der Waals surface area (Å²) < 4.78 is 9.97. The van der Waals surface area contributed by atoms with Crippen molar-refractivity contribution in [3.8, 4) is 0 Å². The molecule has 15 heavy (non-hydrogen) atoms. The number of hydrogen-bond acceptors (Lipinski definition) is 3. The van der Waals surface area contributed by atoms with Gasteiger partial charge in [-0.05, 0) is 37.7 Å². The summed E-state index contributed by atoms with van der Waals surface area (Å²) in [5.41, 5.74) is 0. The topological polar surface area (TPSA) is 35.5 Å². The second-order valence-corrected chi connectivity index (χ2v) is 4.32. The predicted octanol–water partition coefficient (Wildman–Crippen LogP) is 3.64. The molecule has 1 rings (SSSR count). The SMILES string of the molecule is CC(C)/C=C/OC(=O)OC1CCCCC1. The van der Waals surface area contributed by atoms with Crippen LogP contribution < -0.4 is 0 Å². The van der Waals surface area contributed by atoms with Crippen LogP contribution in [-0.2, 0) is 9.47 Å². The second-order valence-electron chi connectivity index (χ2n) is 4.32. The Morgan fingerprint density at radius 1 is 1.27 bits per heavy atom. The molecular formula is C12H20O3. The molecule has 1 saturated carbocycles. The van der Waals surface area contributed by atoms with E-state index in [0.29, 0.717) is 5.92 Å². The Balaban J connectivity index is 2.17. The van der Waals surface area contributed by atoms with E-state index in [4.69, 9.17) is 9.47 Å². The summed E-state index contributed by atoms with van der Waals surface area (Å²) in [6.45, 7) is 4.04. The highest BCUT2D eigenvalue weighted by Crippen LogP contribution is 2.20. The molecule has 3 nitrogen and oxygen atoms in total. The van der Waals surface area contributed by atoms with Crippen molar-refractivity contribution >= 4 is 6.16 Å². The largest absolute Gasteiger partial charge is 0.513 e. The van der Waals surface area contributed by atoms with Crippen LogP contribution in [-0.4, -0.2) is 12.3 Å². The molecule has 0 aromatic heterocycles. The van der Waals surface area contributed by atoms with Crippen LogP contribution in [0.3, 0.4) is 0 Å². The first-order valence-corrected chi connectivity index (χ1v) is 5.72. The van der Waals surface area contributed by atoms with Crippen molar-refractivity contribution in [2.45, 2.75) is 52.1 Å². The fraction of sp³-hybridized carbons (Fsp3) is 0.750. The molecule has 0 aromatic rings. The van der Waals surface area contributed by atoms with Crippen LogP contribution in [0.25, 0.3) is 0 Å². The summed E-state index contributed by atoms with van der Waals surface area (Å²) >= 11 is 0. The van der Waals surface area contributed by atoms with Crippen LogP contribution in [0.5, 0.6) is 0 Å². The average Bonchev–Trinajstić information content (AvgIpc) is 2.18. The van der Waals surface area contributed by atoms with Crippen molar-refractivity contribution in [2.24, 2.45) is 5.92 Å². The van der Waals surface area contributed by atoms with E-state index < -0.39 is 6.16 Å². The van der Waals surface area contributed by atoms with Crippen molar-refractivity contribution in [1.82, 2.24) is 0 Å². The number of carbonyl (C=O) groups is 1. The third-order valence-corrected chi connectivity index (χ3v) is 2.44. The standard InChI is InChI=1S/C12H20O3/c1-10(2)8-9-14-12(13)15-11-6-4-3-5-7-11/h8-11H,3-7H2,1-2H3/b9-8+. The van der Waals surface area contributed by atoms with E-state index in [-0.39, 0.29) is 6.10 Å². The zero-order valence-electron chi connectivity index (χ0n) is 9.57. The van der Waals surface area contributed by atoms with Gasteiger partial charge in [-0.3, -0.25) is 0 Å². The van der Waals surface area contributed by atoms with Crippen molar-refractivity contribution in [3.63, 3.8) is 0 Å². The molecule has 0 bridgehead atoms. The highest BCUT2D eigenvalue weighted by atomic mass is 16.7. The Kier molecular flexibility index (Phi) is 5.22. The molecule has 0 aromatic carbocycles. The van der Waals surface area contributed by atoms with Gasteiger partial charge in [-0.25, -0.2) is 4.79 Å². The monoisotopic (exact) mass is 212 g/mol. The van der Waals surface area contributed by atoms with Gasteiger partial charge in [0.15, 0.2) is 0 Å². The highest BCUT2D eigenvalue weighted by molar-refractivity contribution is 5.60. The summed E-state index contributed by atoms with van der Waals surface area (Å²) in [5.74, 6) is 0.382. The first kappa shape index (κ1) is 12.1. The highest BCUT2D eigenvalue weighted by Gasteiger charge is 2.17. The second kappa shape index (κ2) is 6.49. The lowest BCUT2D eigenvalue weighted by Crippen LogP contribution is -2.20. The number of hydrogen-bond donors (Lipinski definition) is 0. The Morgan fingerprint density at radius 2 is 1.93 bits per heavy atom. The molecule has 0 amide bonds. The lowest BCUT2D eigenvalue weighted by atomic mass is 9.98. The average molecular weight is 212 g/mol. The van der Waals surface area contributed by atoms with Gasteiger partial charge in [0, 0.05) is 0 Å². The van der Waals surface area contributed by atoms with E-state index in [0.717, 1.165) is 25.7 Å². The van der Waals surface area contributed by atoms with E-state index in [1.165, 1.54) is 12.7 Å². The van der Waals surface area contributed by atoms with E-state index in [9.17, 15) is 4.79 Å². The Hall–Kier alpha value is -0.990. The number of carbonyl (C=O) groups excluding carboxylic acids is 1. The maximum atomic E-state index is 11.2. The summed E-state index contributed by atoms with van der Waals surface area (Å²) in [4.78, 5) is 11.2. The van der Waals surface area contributed by atoms with Gasteiger partial charge < -0.3 is 9.47 Å². The first-order valence-electron chi connectivity index (χ1n) is 5.72. The summed E-state index contributed by atoms with van der Waals surface area (Å²) in [6, 6.07) is 0. The lowest BCUT2D eigenvalue weighted by Gasteiger charge is -2.20. The Morgan fingerprint density at radius 3 is 2.53 bits per heavy atom. The van der Waals surface area contributed by atoms with Crippen molar-refractivity contribution in [3.05, 3.63) is 12.3 Å². The third-order valence-electron chi connectivity index (χ3n) is 2.44. The number of allylic oxidation sites excluding steroid dienone is 1. The number of ether oxygens (including phenoxy) is 2. The molecule has 86 valence electrons. The molecule has 0 atom stereocenters. The zero-order chi connectivity index (χ0) is 11.1. The molecule has 0 heterocycles. The van der Waals surface area contributed by atoms with Crippen LogP contribution in [0, 0.1) is 5.92 Å². The molecule has 3 heteroatoms. The van der Waals surface area contributed by atoms with Gasteiger partial charge in [-0.2, -0.15) is 0 Å². The molecule has 0 unspecified atom stereocenters. The maximum Gasteiger partial charge on any atom is 0.513 e. The molecular weight excluding hydrogens is 192 g/mol. The van der Waals surface area contributed by atoms with Gasteiger partial charge in [0.1, 0.15) is 6.10 Å². The van der Waals surface area contributed by atoms with Gasteiger partial charge in [0.2, 0.25) is 0 Å². The van der Waals surface area contributed by atoms with Gasteiger partial charge in [0.05, 0.1) is 6.26 Å². The molecule has 0 N–H and O–H groups in total. The van der Waals surface area contributed by atoms with Crippen LogP contribution >= 0.6 is 0 Å². The first-order chi connectivity index (χ1) is 7.18. The summed E-state index contributed by atoms with van der Waals surface area (Å²) in [5, 5.41) is 0. The van der Waals surface area contributed by atoms with Gasteiger partial charge in [0.25, 0.3) is 0 Å². The molecule has 0 radical (unpaired) electrons. The smallest absolute Gasteiger partial charge is 0.431 e. The molecule has 1 aliphatic rings. The molecule has 0 aliphatic heterocycles. The van der Waals surface area contributed by atoms with Crippen molar-refractivity contribution in [2.75, 3.05) is 0 Å². The molecule has 1 aliphatic carbocycles. The van der Waals surface area contributed by atoms with Gasteiger partial charge >= 0.3 is 6.16 Å². The van der Waals surface area contributed by atoms with Crippen LogP contribution in [0.15, 0.2) is 12.3 Å². The molecule has 1 fully saturated rings. The number of rotatable bonds is 3. The van der Waals surface area contributed by atoms with Crippen molar-refractivity contribution < 1.29 is 14.3 Å². The normalized spacial score (nSPS) is 18.3. The molecule has 0 saturated heterocycles. The quantitative estimate of drug-likeness (QED) is 0.529. The molecule has 0 spiro atoms. The van der Waals surface area contributed by atoms with E-state index >= 15 is 0 Å². The van der Waals surface area contributed by atoms with Crippen molar-refractivity contribution in [1.29, 1.82) is 0 Å². The van der Waals surface area contributed by atoms with E-state index in [1.54, 1.807) is 0 Å². The minimum absolute atomic E-state index is 0.0682. The summed E-state index contributed by atoms with van der Waals surface area (Å²) in [6.07, 6.45) is 8.24. The fourth-order valence-electron chi connectivity index (χ4n) is 1.60. The van der Waals surface area contributed by atoms with Gasteiger partial charge in [-0.1, -0.05) is 20.3 Å². The van der Waals surface area contributed by atoms with E-state index in [1.807, 2.05) is 19.9 Å². The Labute approximate surface area is 91.4 Å². The minimum atomic E-state index is -0.571. The zero-order valence-corrected chi connectivity index (χ0v) is 9.57. The van der Waals surface area contributed by atoms with Crippen LogP contribution in [0.4, 0.5) is 4.79 Å². The summed E-state index contributed by atoms with van der Waals surface area (Å²) in [7, 11) is 0.